The molecule has 2 heteroatoms. The summed E-state index contributed by atoms with van der Waals surface area (Å²) in [6, 6.07) is 0. The van der Waals surface area contributed by atoms with E-state index in [2.05, 4.69) is 6.08 Å². The van der Waals surface area contributed by atoms with Gasteiger partial charge in [-0.05, 0) is 0 Å². The van der Waals surface area contributed by atoms with Crippen LogP contribution in [0.15, 0.2) is 11.8 Å². The van der Waals surface area contributed by atoms with E-state index in [9.17, 15) is 0 Å². The molecule has 0 aromatic heterocycles. The Morgan fingerprint density at radius 3 is 3.00 bits per heavy atom. The molecule has 1 rings (SSSR count). The summed E-state index contributed by atoms with van der Waals surface area (Å²) in [4.78, 5) is 0. The Morgan fingerprint density at radius 1 is 1.86 bits per heavy atom. The number of hydrogen-bond acceptors (Lipinski definition) is 1. The van der Waals surface area contributed by atoms with Crippen molar-refractivity contribution in [3.63, 3.8) is 0 Å². The minimum atomic E-state index is 0.106. The number of allylic oxidation sites excluding steroid dienone is 2. The Kier molecular flexibility index (Phi) is 1.97. The predicted octanol–water partition coefficient (Wildman–Crippen LogP) is -1.69. The fraction of sp³-hybridized carbons (Fsp3) is 0.600. The van der Waals surface area contributed by atoms with Gasteiger partial charge in [-0.3, -0.25) is 0 Å². The number of hydrogen-bond donors (Lipinski definition) is 0. The van der Waals surface area contributed by atoms with E-state index in [-0.39, 0.29) is 21.6 Å². The van der Waals surface area contributed by atoms with Crippen molar-refractivity contribution in [3.8, 4) is 0 Å². The van der Waals surface area contributed by atoms with Gasteiger partial charge in [-0.1, -0.05) is 0 Å². The third-order valence-electron chi connectivity index (χ3n) is 0.794. The Hall–Kier alpha value is 0.270. The van der Waals surface area contributed by atoms with Gasteiger partial charge in [-0.25, -0.2) is 0 Å². The van der Waals surface area contributed by atoms with Crippen molar-refractivity contribution < 1.29 is 24.7 Å². The van der Waals surface area contributed by atoms with E-state index in [1.165, 1.54) is 10.8 Å². The van der Waals surface area contributed by atoms with Crippen LogP contribution in [0.1, 0.15) is 13.3 Å². The van der Waals surface area contributed by atoms with Crippen LogP contribution in [0.5, 0.6) is 0 Å². The number of rotatable bonds is 0. The normalized spacial score (nSPS) is 21.6. The molecule has 0 saturated carbocycles. The SMILES string of the molecule is CC1=CCC[I-]O1. The molecule has 0 saturated heterocycles. The third-order valence-corrected chi connectivity index (χ3v) is 2.86. The first-order valence-electron chi connectivity index (χ1n) is 2.32. The Labute approximate surface area is 54.6 Å². The van der Waals surface area contributed by atoms with Crippen molar-refractivity contribution in [1.82, 2.24) is 0 Å². The van der Waals surface area contributed by atoms with Gasteiger partial charge in [0.05, 0.1) is 0 Å². The molecule has 1 aliphatic rings. The maximum atomic E-state index is 5.25. The summed E-state index contributed by atoms with van der Waals surface area (Å²) in [5.41, 5.74) is 0. The van der Waals surface area contributed by atoms with Gasteiger partial charge in [0.25, 0.3) is 0 Å². The topological polar surface area (TPSA) is 9.23 Å². The zero-order valence-electron chi connectivity index (χ0n) is 4.28. The predicted molar refractivity (Wildman–Crippen MR) is 24.3 cm³/mol. The molecule has 0 bridgehead atoms. The minimum absolute atomic E-state index is 0.106. The summed E-state index contributed by atoms with van der Waals surface area (Å²) in [5, 5.41) is 0. The average Bonchev–Trinajstić information content (AvgIpc) is 1.69. The molecule has 0 aliphatic carbocycles. The van der Waals surface area contributed by atoms with Crippen molar-refractivity contribution >= 4 is 0 Å². The molecule has 0 atom stereocenters. The van der Waals surface area contributed by atoms with Crippen LogP contribution in [0.3, 0.4) is 0 Å². The second-order valence-corrected chi connectivity index (χ2v) is 3.62. The van der Waals surface area contributed by atoms with Crippen molar-refractivity contribution in [2.45, 2.75) is 13.3 Å². The summed E-state index contributed by atoms with van der Waals surface area (Å²) in [7, 11) is 0. The van der Waals surface area contributed by atoms with Crippen molar-refractivity contribution in [1.29, 1.82) is 0 Å². The molecule has 0 fully saturated rings. The zero-order valence-corrected chi connectivity index (χ0v) is 6.44. The summed E-state index contributed by atoms with van der Waals surface area (Å²) >= 11 is 0.106. The van der Waals surface area contributed by atoms with Gasteiger partial charge < -0.3 is 0 Å². The van der Waals surface area contributed by atoms with Gasteiger partial charge in [0, 0.05) is 0 Å². The first-order chi connectivity index (χ1) is 3.39. The summed E-state index contributed by atoms with van der Waals surface area (Å²) < 4.78 is 6.55. The Morgan fingerprint density at radius 2 is 2.71 bits per heavy atom. The van der Waals surface area contributed by atoms with Crippen LogP contribution in [0.2, 0.25) is 0 Å². The molecule has 0 unspecified atom stereocenters. The summed E-state index contributed by atoms with van der Waals surface area (Å²) in [5.74, 6) is 1.14. The molecule has 0 aromatic rings. The molecule has 42 valence electrons. The van der Waals surface area contributed by atoms with E-state index in [1.807, 2.05) is 6.92 Å². The molecular formula is C5H8IO-. The van der Waals surface area contributed by atoms with Crippen LogP contribution in [-0.4, -0.2) is 4.43 Å². The zero-order chi connectivity index (χ0) is 5.11. The molecule has 1 aliphatic heterocycles. The molecular weight excluding hydrogens is 203 g/mol. The van der Waals surface area contributed by atoms with Gasteiger partial charge in [-0.15, -0.1) is 0 Å². The van der Waals surface area contributed by atoms with Crippen LogP contribution >= 0.6 is 0 Å². The molecule has 0 radical (unpaired) electrons. The molecule has 1 heterocycles. The standard InChI is InChI=1S/C5H8IO/c1-5-3-2-4-6-7-5/h3H,2,4H2,1H3/q-1. The first-order valence-corrected chi connectivity index (χ1v) is 4.73. The van der Waals surface area contributed by atoms with E-state index in [0.29, 0.717) is 0 Å². The van der Waals surface area contributed by atoms with Crippen LogP contribution in [0.25, 0.3) is 0 Å². The third kappa shape index (κ3) is 1.67. The van der Waals surface area contributed by atoms with E-state index < -0.39 is 0 Å². The van der Waals surface area contributed by atoms with Crippen LogP contribution < -0.4 is 21.6 Å². The van der Waals surface area contributed by atoms with Crippen LogP contribution in [0, 0.1) is 0 Å². The fourth-order valence-corrected chi connectivity index (χ4v) is 1.92. The Balaban J connectivity index is 2.40. The monoisotopic (exact) mass is 211 g/mol. The van der Waals surface area contributed by atoms with Crippen LogP contribution in [-0.2, 0) is 3.07 Å². The molecule has 0 spiro atoms. The first kappa shape index (κ1) is 5.41. The maximum absolute atomic E-state index is 5.25. The summed E-state index contributed by atoms with van der Waals surface area (Å²) in [6.07, 6.45) is 3.41. The van der Waals surface area contributed by atoms with Crippen molar-refractivity contribution in [2.24, 2.45) is 0 Å². The second-order valence-electron chi connectivity index (χ2n) is 1.48. The van der Waals surface area contributed by atoms with Gasteiger partial charge in [-0.2, -0.15) is 0 Å². The van der Waals surface area contributed by atoms with Gasteiger partial charge >= 0.3 is 54.3 Å². The molecule has 0 aromatic carbocycles. The number of halogens is 1. The number of alkyl halides is 1. The summed E-state index contributed by atoms with van der Waals surface area (Å²) in [6.45, 7) is 2.03. The Bertz CT molecular complexity index is 88.1. The van der Waals surface area contributed by atoms with Gasteiger partial charge in [0.2, 0.25) is 0 Å². The fourth-order valence-electron chi connectivity index (χ4n) is 0.458. The van der Waals surface area contributed by atoms with E-state index in [0.717, 1.165) is 5.76 Å². The van der Waals surface area contributed by atoms with E-state index in [1.54, 1.807) is 0 Å². The van der Waals surface area contributed by atoms with Crippen LogP contribution in [0.4, 0.5) is 0 Å². The average molecular weight is 211 g/mol. The van der Waals surface area contributed by atoms with Gasteiger partial charge in [0.15, 0.2) is 0 Å². The molecule has 0 amide bonds. The van der Waals surface area contributed by atoms with Gasteiger partial charge in [0.1, 0.15) is 0 Å². The van der Waals surface area contributed by atoms with Crippen molar-refractivity contribution in [3.05, 3.63) is 11.8 Å². The van der Waals surface area contributed by atoms with E-state index in [4.69, 9.17) is 3.07 Å². The molecule has 1 nitrogen and oxygen atoms in total. The molecule has 0 N–H and O–H groups in total. The van der Waals surface area contributed by atoms with E-state index >= 15 is 0 Å². The molecule has 7 heavy (non-hydrogen) atoms. The quantitative estimate of drug-likeness (QED) is 0.343. The second kappa shape index (κ2) is 2.55. The van der Waals surface area contributed by atoms with Crippen molar-refractivity contribution in [2.75, 3.05) is 4.43 Å².